The molecule has 0 heterocycles. The van der Waals surface area contributed by atoms with Crippen LogP contribution in [0.4, 0.5) is 0 Å². The van der Waals surface area contributed by atoms with Crippen molar-refractivity contribution in [3.8, 4) is 5.75 Å². The Balaban J connectivity index is 1.41. The van der Waals surface area contributed by atoms with E-state index in [-0.39, 0.29) is 0 Å². The van der Waals surface area contributed by atoms with Crippen molar-refractivity contribution in [2.24, 2.45) is 5.10 Å². The van der Waals surface area contributed by atoms with E-state index in [4.69, 9.17) is 17.0 Å². The monoisotopic (exact) mass is 367 g/mol. The number of thiocarbonyl (C=S) groups is 1. The molecule has 2 N–H and O–H groups in total. The van der Waals surface area contributed by atoms with Gasteiger partial charge in [0.1, 0.15) is 12.4 Å². The van der Waals surface area contributed by atoms with Gasteiger partial charge in [0.05, 0.1) is 6.21 Å². The van der Waals surface area contributed by atoms with Gasteiger partial charge in [-0.05, 0) is 60.5 Å². The van der Waals surface area contributed by atoms with Crippen LogP contribution in [0.15, 0.2) is 59.7 Å². The lowest BCUT2D eigenvalue weighted by atomic mass is 9.96. The van der Waals surface area contributed by atoms with Crippen LogP contribution in [0.2, 0.25) is 0 Å². The maximum absolute atomic E-state index is 5.78. The number of benzene rings is 2. The molecule has 0 aliphatic heterocycles. The third-order valence-corrected chi connectivity index (χ3v) is 4.66. The minimum absolute atomic E-state index is 0.486. The van der Waals surface area contributed by atoms with Gasteiger partial charge in [0.15, 0.2) is 5.11 Å². The molecule has 4 nitrogen and oxygen atoms in total. The quantitative estimate of drug-likeness (QED) is 0.451. The zero-order valence-corrected chi connectivity index (χ0v) is 15.7. The smallest absolute Gasteiger partial charge is 0.187 e. The maximum Gasteiger partial charge on any atom is 0.187 e. The van der Waals surface area contributed by atoms with Crippen molar-refractivity contribution in [1.29, 1.82) is 0 Å². The Labute approximate surface area is 160 Å². The molecular weight excluding hydrogens is 342 g/mol. The zero-order valence-electron chi connectivity index (χ0n) is 14.9. The molecule has 0 amide bonds. The van der Waals surface area contributed by atoms with Crippen molar-refractivity contribution in [2.45, 2.75) is 44.8 Å². The lowest BCUT2D eigenvalue weighted by Crippen LogP contribution is -2.40. The van der Waals surface area contributed by atoms with Crippen molar-refractivity contribution >= 4 is 23.5 Å². The summed E-state index contributed by atoms with van der Waals surface area (Å²) in [6.45, 7) is 0.566. The third kappa shape index (κ3) is 6.15. The Morgan fingerprint density at radius 3 is 2.50 bits per heavy atom. The molecule has 1 fully saturated rings. The molecule has 0 spiro atoms. The van der Waals surface area contributed by atoms with Gasteiger partial charge in [-0.2, -0.15) is 5.10 Å². The summed E-state index contributed by atoms with van der Waals surface area (Å²) in [7, 11) is 0. The molecule has 136 valence electrons. The highest BCUT2D eigenvalue weighted by molar-refractivity contribution is 7.80. The van der Waals surface area contributed by atoms with Crippen LogP contribution in [0, 0.1) is 0 Å². The summed E-state index contributed by atoms with van der Waals surface area (Å²) in [5, 5.41) is 8.14. The molecule has 1 aliphatic carbocycles. The topological polar surface area (TPSA) is 45.7 Å². The molecule has 2 aromatic rings. The first-order chi connectivity index (χ1) is 12.8. The predicted octanol–water partition coefficient (Wildman–Crippen LogP) is 4.40. The molecule has 1 aliphatic rings. The van der Waals surface area contributed by atoms with E-state index in [9.17, 15) is 0 Å². The highest BCUT2D eigenvalue weighted by Crippen LogP contribution is 2.17. The maximum atomic E-state index is 5.78. The molecule has 2 aromatic carbocycles. The Kier molecular flexibility index (Phi) is 7.02. The molecule has 3 rings (SSSR count). The van der Waals surface area contributed by atoms with E-state index in [1.807, 2.05) is 42.5 Å². The molecule has 5 heteroatoms. The first-order valence-corrected chi connectivity index (χ1v) is 9.57. The van der Waals surface area contributed by atoms with Gasteiger partial charge < -0.3 is 10.1 Å². The fraction of sp³-hybridized carbons (Fsp3) is 0.333. The van der Waals surface area contributed by atoms with E-state index in [1.54, 1.807) is 6.21 Å². The van der Waals surface area contributed by atoms with Crippen molar-refractivity contribution < 1.29 is 4.74 Å². The van der Waals surface area contributed by atoms with Crippen molar-refractivity contribution in [1.82, 2.24) is 10.7 Å². The number of ether oxygens (including phenoxy) is 1. The Morgan fingerprint density at radius 1 is 1.04 bits per heavy atom. The molecular formula is C21H25N3OS. The highest BCUT2D eigenvalue weighted by Gasteiger charge is 2.13. The number of rotatable bonds is 6. The van der Waals surface area contributed by atoms with Crippen LogP contribution >= 0.6 is 12.2 Å². The summed E-state index contributed by atoms with van der Waals surface area (Å²) in [6.07, 6.45) is 8.04. The number of nitrogens with zero attached hydrogens (tertiary/aromatic N) is 1. The van der Waals surface area contributed by atoms with E-state index in [0.717, 1.165) is 16.9 Å². The molecule has 0 radical (unpaired) electrons. The Morgan fingerprint density at radius 2 is 1.77 bits per heavy atom. The Bertz CT molecular complexity index is 710. The summed E-state index contributed by atoms with van der Waals surface area (Å²) in [4.78, 5) is 0. The lowest BCUT2D eigenvalue weighted by Gasteiger charge is -2.23. The van der Waals surface area contributed by atoms with E-state index in [0.29, 0.717) is 17.8 Å². The van der Waals surface area contributed by atoms with Crippen LogP contribution in [-0.4, -0.2) is 17.4 Å². The fourth-order valence-electron chi connectivity index (χ4n) is 3.02. The first kappa shape index (κ1) is 18.4. The number of hydrogen-bond acceptors (Lipinski definition) is 3. The van der Waals surface area contributed by atoms with Gasteiger partial charge in [0, 0.05) is 6.04 Å². The van der Waals surface area contributed by atoms with Crippen LogP contribution in [-0.2, 0) is 6.61 Å². The normalized spacial score (nSPS) is 14.9. The molecule has 0 saturated heterocycles. The van der Waals surface area contributed by atoms with Gasteiger partial charge in [-0.15, -0.1) is 0 Å². The summed E-state index contributed by atoms with van der Waals surface area (Å²) >= 11 is 5.30. The molecule has 0 aromatic heterocycles. The summed E-state index contributed by atoms with van der Waals surface area (Å²) in [5.74, 6) is 0.841. The van der Waals surface area contributed by atoms with Crippen molar-refractivity contribution in [2.75, 3.05) is 0 Å². The van der Waals surface area contributed by atoms with Gasteiger partial charge in [-0.3, -0.25) is 5.43 Å². The lowest BCUT2D eigenvalue weighted by molar-refractivity contribution is 0.306. The molecule has 26 heavy (non-hydrogen) atoms. The van der Waals surface area contributed by atoms with Crippen molar-refractivity contribution in [3.05, 3.63) is 65.7 Å². The minimum Gasteiger partial charge on any atom is -0.489 e. The van der Waals surface area contributed by atoms with Gasteiger partial charge in [0.25, 0.3) is 0 Å². The number of hydrogen-bond donors (Lipinski definition) is 2. The number of hydrazone groups is 1. The minimum atomic E-state index is 0.486. The van der Waals surface area contributed by atoms with Gasteiger partial charge in [-0.1, -0.05) is 49.6 Å². The summed E-state index contributed by atoms with van der Waals surface area (Å²) < 4.78 is 5.78. The largest absolute Gasteiger partial charge is 0.489 e. The molecule has 0 bridgehead atoms. The molecule has 0 atom stereocenters. The first-order valence-electron chi connectivity index (χ1n) is 9.16. The molecule has 0 unspecified atom stereocenters. The average Bonchev–Trinajstić information content (AvgIpc) is 2.69. The second-order valence-corrected chi connectivity index (χ2v) is 6.93. The van der Waals surface area contributed by atoms with E-state index in [1.165, 1.54) is 32.1 Å². The standard InChI is InChI=1S/C21H25N3OS/c26-21(23-19-9-5-2-6-10-19)24-22-15-17-11-13-20(14-12-17)25-16-18-7-3-1-4-8-18/h1,3-4,7-8,11-15,19H,2,5-6,9-10,16H2,(H2,23,24,26)/b22-15+. The van der Waals surface area contributed by atoms with Gasteiger partial charge in [-0.25, -0.2) is 0 Å². The van der Waals surface area contributed by atoms with E-state index >= 15 is 0 Å². The fourth-order valence-corrected chi connectivity index (χ4v) is 3.24. The van der Waals surface area contributed by atoms with E-state index < -0.39 is 0 Å². The summed E-state index contributed by atoms with van der Waals surface area (Å²) in [5.41, 5.74) is 5.04. The van der Waals surface area contributed by atoms with Crippen LogP contribution in [0.3, 0.4) is 0 Å². The van der Waals surface area contributed by atoms with Crippen LogP contribution < -0.4 is 15.5 Å². The van der Waals surface area contributed by atoms with Crippen molar-refractivity contribution in [3.63, 3.8) is 0 Å². The highest BCUT2D eigenvalue weighted by atomic mass is 32.1. The SMILES string of the molecule is S=C(N/N=C/c1ccc(OCc2ccccc2)cc1)NC1CCCCC1. The van der Waals surface area contributed by atoms with Crippen LogP contribution in [0.1, 0.15) is 43.2 Å². The third-order valence-electron chi connectivity index (χ3n) is 4.45. The summed E-state index contributed by atoms with van der Waals surface area (Å²) in [6, 6.07) is 18.5. The second-order valence-electron chi connectivity index (χ2n) is 6.52. The Hall–Kier alpha value is -2.40. The van der Waals surface area contributed by atoms with Crippen LogP contribution in [0.5, 0.6) is 5.75 Å². The second kappa shape index (κ2) is 9.92. The molecule has 1 saturated carbocycles. The average molecular weight is 368 g/mol. The zero-order chi connectivity index (χ0) is 18.0. The van der Waals surface area contributed by atoms with Crippen LogP contribution in [0.25, 0.3) is 0 Å². The predicted molar refractivity (Wildman–Crippen MR) is 111 cm³/mol. The number of nitrogens with one attached hydrogen (secondary N) is 2. The van der Waals surface area contributed by atoms with Gasteiger partial charge in [0.2, 0.25) is 0 Å². The van der Waals surface area contributed by atoms with Gasteiger partial charge >= 0.3 is 0 Å². The van der Waals surface area contributed by atoms with E-state index in [2.05, 4.69) is 28.0 Å².